The molecule has 1 heterocycles. The maximum Gasteiger partial charge on any atom is 0.214 e. The minimum absolute atomic E-state index is 0.668. The molecule has 0 saturated heterocycles. The number of halogens is 1. The Balaban J connectivity index is 1.89. The van der Waals surface area contributed by atoms with Crippen molar-refractivity contribution < 1.29 is 9.30 Å². The Labute approximate surface area is 177 Å². The van der Waals surface area contributed by atoms with Gasteiger partial charge in [-0.2, -0.15) is 4.57 Å². The van der Waals surface area contributed by atoms with E-state index in [0.717, 1.165) is 29.3 Å². The number of hydrogen-bond acceptors (Lipinski definition) is 2. The summed E-state index contributed by atoms with van der Waals surface area (Å²) in [5.41, 5.74) is 4.90. The summed E-state index contributed by atoms with van der Waals surface area (Å²) in [5, 5.41) is 3.19. The van der Waals surface area contributed by atoms with Crippen LogP contribution in [0.15, 0.2) is 66.7 Å². The number of aromatic nitrogens is 1. The van der Waals surface area contributed by atoms with Crippen LogP contribution in [0.4, 0.5) is 0 Å². The minimum Gasteiger partial charge on any atom is -0.492 e. The molecule has 0 unspecified atom stereocenters. The molecule has 0 atom stereocenters. The summed E-state index contributed by atoms with van der Waals surface area (Å²) in [7, 11) is 6.21. The molecule has 0 radical (unpaired) electrons. The van der Waals surface area contributed by atoms with Gasteiger partial charge in [-0.3, -0.25) is 0 Å². The van der Waals surface area contributed by atoms with E-state index < -0.39 is 0 Å². The average Bonchev–Trinajstić information content (AvgIpc) is 2.71. The second-order valence-electron chi connectivity index (χ2n) is 7.69. The highest BCUT2D eigenvalue weighted by Gasteiger charge is 2.19. The monoisotopic (exact) mass is 405 g/mol. The van der Waals surface area contributed by atoms with Gasteiger partial charge in [-0.1, -0.05) is 41.9 Å². The van der Waals surface area contributed by atoms with Gasteiger partial charge in [0.15, 0.2) is 0 Å². The summed E-state index contributed by atoms with van der Waals surface area (Å²) in [5.74, 6) is 0.905. The van der Waals surface area contributed by atoms with Crippen LogP contribution in [0, 0.1) is 0 Å². The lowest BCUT2D eigenvalue weighted by Gasteiger charge is -2.14. The van der Waals surface area contributed by atoms with Gasteiger partial charge in [0, 0.05) is 23.7 Å². The standard InChI is InChI=1S/C25H26ClN2O/c1-27(2)13-14-29-20-10-12-24-23(17-20)22(15-18-7-5-4-6-8-18)21-11-9-19(26)16-25(21)28(24)3/h4-12,16-17H,13-15H2,1-3H3/q+1. The van der Waals surface area contributed by atoms with Crippen LogP contribution in [0.5, 0.6) is 5.75 Å². The van der Waals surface area contributed by atoms with E-state index in [1.165, 1.54) is 27.4 Å². The van der Waals surface area contributed by atoms with Crippen LogP contribution in [0.2, 0.25) is 5.02 Å². The molecular weight excluding hydrogens is 380 g/mol. The van der Waals surface area contributed by atoms with Crippen LogP contribution in [-0.2, 0) is 13.5 Å². The highest BCUT2D eigenvalue weighted by atomic mass is 35.5. The molecule has 0 saturated carbocycles. The van der Waals surface area contributed by atoms with E-state index in [1.807, 2.05) is 12.1 Å². The fourth-order valence-corrected chi connectivity index (χ4v) is 3.95. The first-order chi connectivity index (χ1) is 14.0. The van der Waals surface area contributed by atoms with Gasteiger partial charge in [-0.05, 0) is 55.9 Å². The number of nitrogens with zero attached hydrogens (tertiary/aromatic N) is 2. The first kappa shape index (κ1) is 19.7. The summed E-state index contributed by atoms with van der Waals surface area (Å²) in [4.78, 5) is 2.12. The Morgan fingerprint density at radius 1 is 0.897 bits per heavy atom. The van der Waals surface area contributed by atoms with Gasteiger partial charge in [-0.25, -0.2) is 0 Å². The van der Waals surface area contributed by atoms with Gasteiger partial charge in [0.25, 0.3) is 0 Å². The van der Waals surface area contributed by atoms with Crippen molar-refractivity contribution >= 4 is 33.4 Å². The van der Waals surface area contributed by atoms with Crippen LogP contribution < -0.4 is 9.30 Å². The minimum atomic E-state index is 0.668. The summed E-state index contributed by atoms with van der Waals surface area (Å²) in [6, 6.07) is 23.1. The Morgan fingerprint density at radius 3 is 2.45 bits per heavy atom. The summed E-state index contributed by atoms with van der Waals surface area (Å²) in [6.07, 6.45) is 0.859. The first-order valence-electron chi connectivity index (χ1n) is 9.88. The Kier molecular flexibility index (Phi) is 5.70. The number of pyridine rings is 1. The fraction of sp³-hybridized carbons (Fsp3) is 0.240. The van der Waals surface area contributed by atoms with Gasteiger partial charge in [0.05, 0.1) is 10.8 Å². The fourth-order valence-electron chi connectivity index (χ4n) is 3.79. The molecule has 0 amide bonds. The average molecular weight is 406 g/mol. The lowest BCUT2D eigenvalue weighted by Crippen LogP contribution is -2.30. The predicted octanol–water partition coefficient (Wildman–Crippen LogP) is 5.00. The molecule has 0 aliphatic rings. The second kappa shape index (κ2) is 8.40. The highest BCUT2D eigenvalue weighted by Crippen LogP contribution is 2.31. The molecule has 4 rings (SSSR count). The molecular formula is C25H26ClN2O+. The summed E-state index contributed by atoms with van der Waals surface area (Å²) < 4.78 is 8.25. The molecule has 1 aromatic heterocycles. The smallest absolute Gasteiger partial charge is 0.214 e. The SMILES string of the molecule is CN(C)CCOc1ccc2c(c1)c(Cc1ccccc1)c1ccc(Cl)cc1[n+]2C. The maximum atomic E-state index is 6.33. The Bertz CT molecular complexity index is 1160. The molecule has 0 aliphatic heterocycles. The van der Waals surface area contributed by atoms with Crippen molar-refractivity contribution in [2.24, 2.45) is 7.05 Å². The molecule has 0 fully saturated rings. The number of likely N-dealkylation sites (N-methyl/N-ethyl adjacent to an activating group) is 1. The largest absolute Gasteiger partial charge is 0.492 e. The van der Waals surface area contributed by atoms with E-state index in [1.54, 1.807) is 0 Å². The van der Waals surface area contributed by atoms with Crippen LogP contribution in [-0.4, -0.2) is 32.1 Å². The summed E-state index contributed by atoms with van der Waals surface area (Å²) >= 11 is 6.33. The van der Waals surface area contributed by atoms with Crippen molar-refractivity contribution in [2.75, 3.05) is 27.2 Å². The topological polar surface area (TPSA) is 16.4 Å². The van der Waals surface area contributed by atoms with Crippen molar-refractivity contribution in [3.63, 3.8) is 0 Å². The molecule has 4 heteroatoms. The predicted molar refractivity (Wildman–Crippen MR) is 121 cm³/mol. The third-order valence-electron chi connectivity index (χ3n) is 5.33. The van der Waals surface area contributed by atoms with Gasteiger partial charge >= 0.3 is 0 Å². The number of ether oxygens (including phenoxy) is 1. The third kappa shape index (κ3) is 4.21. The van der Waals surface area contributed by atoms with Crippen molar-refractivity contribution in [3.8, 4) is 5.75 Å². The van der Waals surface area contributed by atoms with Crippen molar-refractivity contribution in [1.29, 1.82) is 0 Å². The number of fused-ring (bicyclic) bond motifs is 2. The lowest BCUT2D eigenvalue weighted by atomic mass is 9.96. The molecule has 4 aromatic rings. The van der Waals surface area contributed by atoms with E-state index in [-0.39, 0.29) is 0 Å². The van der Waals surface area contributed by atoms with Crippen LogP contribution in [0.1, 0.15) is 11.1 Å². The van der Waals surface area contributed by atoms with Crippen LogP contribution >= 0.6 is 11.6 Å². The van der Waals surface area contributed by atoms with Gasteiger partial charge in [0.2, 0.25) is 11.0 Å². The van der Waals surface area contributed by atoms with Gasteiger partial charge in [-0.15, -0.1) is 0 Å². The van der Waals surface area contributed by atoms with Crippen LogP contribution in [0.3, 0.4) is 0 Å². The Hall–Kier alpha value is -2.62. The zero-order valence-electron chi connectivity index (χ0n) is 17.2. The van der Waals surface area contributed by atoms with E-state index in [9.17, 15) is 0 Å². The maximum absolute atomic E-state index is 6.33. The van der Waals surface area contributed by atoms with E-state index in [4.69, 9.17) is 16.3 Å². The van der Waals surface area contributed by atoms with Crippen molar-refractivity contribution in [2.45, 2.75) is 6.42 Å². The number of hydrogen-bond donors (Lipinski definition) is 0. The van der Waals surface area contributed by atoms with E-state index >= 15 is 0 Å². The van der Waals surface area contributed by atoms with Crippen molar-refractivity contribution in [1.82, 2.24) is 4.90 Å². The molecule has 0 bridgehead atoms. The number of rotatable bonds is 6. The molecule has 148 valence electrons. The second-order valence-corrected chi connectivity index (χ2v) is 8.13. The normalized spacial score (nSPS) is 11.5. The molecule has 3 aromatic carbocycles. The van der Waals surface area contributed by atoms with E-state index in [2.05, 4.69) is 85.2 Å². The molecule has 0 aliphatic carbocycles. The summed E-state index contributed by atoms with van der Waals surface area (Å²) in [6.45, 7) is 1.56. The number of benzene rings is 3. The molecule has 3 nitrogen and oxygen atoms in total. The zero-order valence-corrected chi connectivity index (χ0v) is 17.9. The first-order valence-corrected chi connectivity index (χ1v) is 10.3. The van der Waals surface area contributed by atoms with Crippen molar-refractivity contribution in [3.05, 3.63) is 82.9 Å². The molecule has 29 heavy (non-hydrogen) atoms. The van der Waals surface area contributed by atoms with Gasteiger partial charge in [0.1, 0.15) is 19.4 Å². The number of aryl methyl sites for hydroxylation is 1. The third-order valence-corrected chi connectivity index (χ3v) is 5.57. The molecule has 0 N–H and O–H groups in total. The van der Waals surface area contributed by atoms with E-state index in [0.29, 0.717) is 6.61 Å². The van der Waals surface area contributed by atoms with Crippen LogP contribution in [0.25, 0.3) is 21.8 Å². The Morgan fingerprint density at radius 2 is 1.69 bits per heavy atom. The quantitative estimate of drug-likeness (QED) is 0.331. The lowest BCUT2D eigenvalue weighted by molar-refractivity contribution is -0.617. The molecule has 0 spiro atoms. The zero-order chi connectivity index (χ0) is 20.4. The van der Waals surface area contributed by atoms with Gasteiger partial charge < -0.3 is 9.64 Å². The highest BCUT2D eigenvalue weighted by molar-refractivity contribution is 6.31.